The molecule has 7 heteroatoms. The fourth-order valence-corrected chi connectivity index (χ4v) is 5.95. The number of hydrogen-bond donors (Lipinski definition) is 2. The van der Waals surface area contributed by atoms with Gasteiger partial charge in [-0.05, 0) is 79.5 Å². The molecule has 0 radical (unpaired) electrons. The number of anilines is 1. The number of carbonyl (C=O) groups excluding carboxylic acids is 1. The first kappa shape index (κ1) is 25.1. The van der Waals surface area contributed by atoms with Gasteiger partial charge in [-0.3, -0.25) is 4.79 Å². The first-order valence-corrected chi connectivity index (χ1v) is 13.3. The summed E-state index contributed by atoms with van der Waals surface area (Å²) in [6.45, 7) is 0.727. The summed E-state index contributed by atoms with van der Waals surface area (Å²) in [6, 6.07) is 15.3. The quantitative estimate of drug-likeness (QED) is 0.433. The number of nitroso groups, excluding NO2 is 1. The fraction of sp³-hybridized carbons (Fsp3) is 0.433. The molecule has 2 aliphatic carbocycles. The van der Waals surface area contributed by atoms with Crippen LogP contribution in [-0.4, -0.2) is 36.5 Å². The highest BCUT2D eigenvalue weighted by Gasteiger charge is 2.53. The predicted octanol–water partition coefficient (Wildman–Crippen LogP) is 4.13. The van der Waals surface area contributed by atoms with Crippen LogP contribution >= 0.6 is 0 Å². The molecule has 2 aliphatic rings. The molecule has 1 spiro atoms. The summed E-state index contributed by atoms with van der Waals surface area (Å²) in [7, 11) is 4.08. The molecule has 192 valence electrons. The van der Waals surface area contributed by atoms with Crippen molar-refractivity contribution in [2.24, 2.45) is 17.3 Å². The Labute approximate surface area is 218 Å². The second-order valence-electron chi connectivity index (χ2n) is 10.9. The highest BCUT2D eigenvalue weighted by Crippen LogP contribution is 2.63. The van der Waals surface area contributed by atoms with Crippen molar-refractivity contribution < 1.29 is 9.97 Å². The molecule has 3 aromatic rings. The van der Waals surface area contributed by atoms with E-state index in [1.54, 1.807) is 30.4 Å². The SMILES string of the molecule is CN(C)c1nc(CCC2CC23CCC(CNC(=O)/C=C/c2cccc([NH+]=O)c2)CC3)nc2ccccc12. The van der Waals surface area contributed by atoms with Crippen LogP contribution in [0.15, 0.2) is 54.6 Å². The lowest BCUT2D eigenvalue weighted by molar-refractivity contribution is -0.379. The standard InChI is InChI=1S/C30H35N5O2/c1-35(2)29-25-8-3-4-9-26(25)32-27(33-29)12-11-23-19-30(23)16-14-22(15-17-30)20-31-28(36)13-10-21-6-5-7-24(18-21)34-37/h3-10,13,18,22-23H,11-12,14-17,19-20H2,1-2H3,(H,31,36)/p+1/b13-10+. The lowest BCUT2D eigenvalue weighted by Gasteiger charge is -2.29. The molecule has 2 aromatic carbocycles. The van der Waals surface area contributed by atoms with Gasteiger partial charge in [0.1, 0.15) is 11.6 Å². The Balaban J connectivity index is 1.07. The smallest absolute Gasteiger partial charge is 0.253 e. The summed E-state index contributed by atoms with van der Waals surface area (Å²) in [5.41, 5.74) is 2.83. The molecule has 2 fully saturated rings. The maximum absolute atomic E-state index is 12.3. The van der Waals surface area contributed by atoms with Crippen LogP contribution in [0.25, 0.3) is 17.0 Å². The largest absolute Gasteiger partial charge is 0.362 e. The Morgan fingerprint density at radius 1 is 1.14 bits per heavy atom. The summed E-state index contributed by atoms with van der Waals surface area (Å²) in [5.74, 6) is 3.17. The molecular formula is C30H36N5O2+. The van der Waals surface area contributed by atoms with Gasteiger partial charge in [-0.25, -0.2) is 9.97 Å². The molecule has 37 heavy (non-hydrogen) atoms. The normalized spacial score (nSPS) is 22.9. The van der Waals surface area contributed by atoms with Crippen LogP contribution in [0.1, 0.15) is 49.9 Å². The van der Waals surface area contributed by atoms with E-state index in [2.05, 4.69) is 22.3 Å². The van der Waals surface area contributed by atoms with Gasteiger partial charge in [0.2, 0.25) is 5.91 Å². The number of hydrogen-bond acceptors (Lipinski definition) is 5. The maximum Gasteiger partial charge on any atom is 0.253 e. The molecule has 1 aromatic heterocycles. The number of aryl methyl sites for hydroxylation is 1. The van der Waals surface area contributed by atoms with Gasteiger partial charge >= 0.3 is 0 Å². The van der Waals surface area contributed by atoms with Crippen molar-refractivity contribution >= 4 is 34.4 Å². The van der Waals surface area contributed by atoms with E-state index in [1.165, 1.54) is 32.1 Å². The summed E-state index contributed by atoms with van der Waals surface area (Å²) in [4.78, 5) is 34.9. The van der Waals surface area contributed by atoms with Gasteiger partial charge in [0.25, 0.3) is 5.69 Å². The lowest BCUT2D eigenvalue weighted by Crippen LogP contribution is -2.55. The van der Waals surface area contributed by atoms with Crippen LogP contribution in [0.3, 0.4) is 0 Å². The van der Waals surface area contributed by atoms with Crippen LogP contribution in [0, 0.1) is 22.2 Å². The number of nitrogens with zero attached hydrogens (tertiary/aromatic N) is 3. The number of fused-ring (bicyclic) bond motifs is 1. The van der Waals surface area contributed by atoms with Crippen LogP contribution in [0.2, 0.25) is 0 Å². The molecule has 0 saturated heterocycles. The van der Waals surface area contributed by atoms with E-state index in [1.807, 2.05) is 37.5 Å². The van der Waals surface area contributed by atoms with E-state index in [4.69, 9.17) is 9.97 Å². The van der Waals surface area contributed by atoms with Crippen molar-refractivity contribution in [1.29, 1.82) is 0 Å². The third-order valence-electron chi connectivity index (χ3n) is 8.23. The molecule has 1 amide bonds. The molecule has 1 unspecified atom stereocenters. The third kappa shape index (κ3) is 5.87. The Morgan fingerprint density at radius 2 is 1.95 bits per heavy atom. The second kappa shape index (κ2) is 10.8. The van der Waals surface area contributed by atoms with Gasteiger partial charge in [0, 0.05) is 60.7 Å². The zero-order valence-electron chi connectivity index (χ0n) is 21.7. The zero-order valence-corrected chi connectivity index (χ0v) is 21.7. The minimum Gasteiger partial charge on any atom is -0.362 e. The van der Waals surface area contributed by atoms with Crippen molar-refractivity contribution in [3.05, 3.63) is 70.9 Å². The molecule has 0 bridgehead atoms. The van der Waals surface area contributed by atoms with Gasteiger partial charge in [0.05, 0.1) is 5.52 Å². The Hall–Kier alpha value is -3.61. The molecule has 5 rings (SSSR count). The van der Waals surface area contributed by atoms with Gasteiger partial charge < -0.3 is 10.2 Å². The maximum atomic E-state index is 12.3. The van der Waals surface area contributed by atoms with Gasteiger partial charge in [-0.15, -0.1) is 0 Å². The molecule has 7 nitrogen and oxygen atoms in total. The topological polar surface area (TPSA) is 89.2 Å². The first-order valence-electron chi connectivity index (χ1n) is 13.3. The number of aromatic nitrogens is 2. The fourth-order valence-electron chi connectivity index (χ4n) is 5.95. The molecule has 1 heterocycles. The van der Waals surface area contributed by atoms with E-state index in [0.717, 1.165) is 53.4 Å². The molecular weight excluding hydrogens is 462 g/mol. The molecule has 1 atom stereocenters. The summed E-state index contributed by atoms with van der Waals surface area (Å²) >= 11 is 0. The van der Waals surface area contributed by atoms with Crippen molar-refractivity contribution in [3.63, 3.8) is 0 Å². The van der Waals surface area contributed by atoms with E-state index < -0.39 is 0 Å². The minimum atomic E-state index is -0.0856. The van der Waals surface area contributed by atoms with E-state index in [9.17, 15) is 9.70 Å². The number of nitrogens with one attached hydrogen (secondary N) is 2. The van der Waals surface area contributed by atoms with Crippen LogP contribution in [-0.2, 0) is 11.2 Å². The van der Waals surface area contributed by atoms with Crippen LogP contribution in [0.4, 0.5) is 11.5 Å². The van der Waals surface area contributed by atoms with Crippen LogP contribution in [0.5, 0.6) is 0 Å². The lowest BCUT2D eigenvalue weighted by atomic mass is 9.78. The molecule has 2 saturated carbocycles. The Morgan fingerprint density at radius 3 is 2.73 bits per heavy atom. The third-order valence-corrected chi connectivity index (χ3v) is 8.23. The Bertz CT molecular complexity index is 1310. The monoisotopic (exact) mass is 498 g/mol. The van der Waals surface area contributed by atoms with E-state index >= 15 is 0 Å². The predicted molar refractivity (Wildman–Crippen MR) is 147 cm³/mol. The van der Waals surface area contributed by atoms with Crippen molar-refractivity contribution in [2.75, 3.05) is 25.5 Å². The summed E-state index contributed by atoms with van der Waals surface area (Å²) in [6.07, 6.45) is 11.5. The molecule has 2 N–H and O–H groups in total. The number of rotatable bonds is 9. The van der Waals surface area contributed by atoms with Crippen molar-refractivity contribution in [2.45, 2.75) is 44.9 Å². The van der Waals surface area contributed by atoms with E-state index in [0.29, 0.717) is 17.0 Å². The Kier molecular flexibility index (Phi) is 7.31. The van der Waals surface area contributed by atoms with Gasteiger partial charge in [-0.1, -0.05) is 24.3 Å². The first-order chi connectivity index (χ1) is 18.0. The average molecular weight is 499 g/mol. The molecule has 0 aliphatic heterocycles. The average Bonchev–Trinajstić information content (AvgIpc) is 3.61. The summed E-state index contributed by atoms with van der Waals surface area (Å²) < 4.78 is 0. The van der Waals surface area contributed by atoms with Gasteiger partial charge in [-0.2, -0.15) is 0 Å². The van der Waals surface area contributed by atoms with E-state index in [-0.39, 0.29) is 5.91 Å². The second-order valence-corrected chi connectivity index (χ2v) is 10.9. The number of benzene rings is 2. The highest BCUT2D eigenvalue weighted by molar-refractivity contribution is 5.91. The van der Waals surface area contributed by atoms with Crippen LogP contribution < -0.4 is 15.4 Å². The number of para-hydroxylation sites is 1. The van der Waals surface area contributed by atoms with Crippen molar-refractivity contribution in [3.8, 4) is 0 Å². The highest BCUT2D eigenvalue weighted by atomic mass is 16.3. The van der Waals surface area contributed by atoms with Crippen molar-refractivity contribution in [1.82, 2.24) is 15.3 Å². The zero-order chi connectivity index (χ0) is 25.8. The minimum absolute atomic E-state index is 0.0856. The number of carbonyl (C=O) groups is 1. The van der Waals surface area contributed by atoms with Gasteiger partial charge in [0.15, 0.2) is 0 Å². The number of amides is 1. The summed E-state index contributed by atoms with van der Waals surface area (Å²) in [5, 5.41) is 6.04.